The topological polar surface area (TPSA) is 78.5 Å². The first-order valence-electron chi connectivity index (χ1n) is 7.47. The van der Waals surface area contributed by atoms with Gasteiger partial charge in [-0.25, -0.2) is 4.98 Å². The number of hydrogen-bond donors (Lipinski definition) is 2. The van der Waals surface area contributed by atoms with E-state index in [4.69, 9.17) is 5.73 Å². The second-order valence-electron chi connectivity index (χ2n) is 5.59. The minimum atomic E-state index is -0.395. The molecule has 1 fully saturated rings. The van der Waals surface area contributed by atoms with Gasteiger partial charge in [0.2, 0.25) is 0 Å². The van der Waals surface area contributed by atoms with Crippen molar-refractivity contribution in [3.63, 3.8) is 0 Å². The molecule has 0 aliphatic carbocycles. The molecule has 3 rings (SSSR count). The highest BCUT2D eigenvalue weighted by Crippen LogP contribution is 2.17. The molecule has 2 aromatic rings. The zero-order valence-corrected chi connectivity index (χ0v) is 12.5. The molecule has 0 aromatic carbocycles. The standard InChI is InChI=1S/C16H21N5O/c17-16-13(2-1-5-19-16)10-20-8-9-21(12-15(22)11-20)14-3-6-18-7-4-14/h1-7,15,22H,8-12H2,(H2,17,19)/t15-/m1/s1. The van der Waals surface area contributed by atoms with E-state index in [9.17, 15) is 5.11 Å². The number of aliphatic hydroxyl groups is 1. The maximum Gasteiger partial charge on any atom is 0.127 e. The van der Waals surface area contributed by atoms with E-state index >= 15 is 0 Å². The van der Waals surface area contributed by atoms with Crippen LogP contribution in [0.25, 0.3) is 0 Å². The lowest BCUT2D eigenvalue weighted by molar-refractivity contribution is 0.129. The van der Waals surface area contributed by atoms with Crippen LogP contribution < -0.4 is 10.6 Å². The van der Waals surface area contributed by atoms with Crippen LogP contribution in [0, 0.1) is 0 Å². The van der Waals surface area contributed by atoms with Crippen molar-refractivity contribution in [2.45, 2.75) is 12.6 Å². The van der Waals surface area contributed by atoms with Crippen LogP contribution in [0.4, 0.5) is 11.5 Å². The summed E-state index contributed by atoms with van der Waals surface area (Å²) in [6.45, 7) is 3.70. The molecule has 0 saturated carbocycles. The predicted octanol–water partition coefficient (Wildman–Crippen LogP) is 0.742. The molecule has 3 N–H and O–H groups in total. The van der Waals surface area contributed by atoms with E-state index in [-0.39, 0.29) is 0 Å². The molecule has 1 saturated heterocycles. The first-order chi connectivity index (χ1) is 10.7. The minimum absolute atomic E-state index is 0.395. The maximum absolute atomic E-state index is 10.3. The fourth-order valence-corrected chi connectivity index (χ4v) is 2.81. The molecule has 3 heterocycles. The minimum Gasteiger partial charge on any atom is -0.390 e. The zero-order valence-electron chi connectivity index (χ0n) is 12.5. The summed E-state index contributed by atoms with van der Waals surface area (Å²) >= 11 is 0. The molecule has 0 bridgehead atoms. The van der Waals surface area contributed by atoms with Gasteiger partial charge in [-0.15, -0.1) is 0 Å². The third-order valence-electron chi connectivity index (χ3n) is 3.93. The van der Waals surface area contributed by atoms with Gasteiger partial charge >= 0.3 is 0 Å². The maximum atomic E-state index is 10.3. The van der Waals surface area contributed by atoms with Crippen LogP contribution in [-0.4, -0.2) is 52.3 Å². The number of nitrogens with two attached hydrogens (primary N) is 1. The van der Waals surface area contributed by atoms with Gasteiger partial charge in [-0.3, -0.25) is 9.88 Å². The quantitative estimate of drug-likeness (QED) is 0.870. The van der Waals surface area contributed by atoms with E-state index in [0.29, 0.717) is 25.5 Å². The monoisotopic (exact) mass is 299 g/mol. The van der Waals surface area contributed by atoms with Gasteiger partial charge in [-0.05, 0) is 18.2 Å². The van der Waals surface area contributed by atoms with E-state index < -0.39 is 6.10 Å². The van der Waals surface area contributed by atoms with E-state index in [1.165, 1.54) is 0 Å². The highest BCUT2D eigenvalue weighted by Gasteiger charge is 2.22. The molecule has 6 heteroatoms. The molecule has 2 aromatic heterocycles. The molecule has 116 valence electrons. The Morgan fingerprint density at radius 2 is 1.95 bits per heavy atom. The summed E-state index contributed by atoms with van der Waals surface area (Å²) in [6.07, 6.45) is 4.86. The summed E-state index contributed by atoms with van der Waals surface area (Å²) in [6, 6.07) is 7.83. The lowest BCUT2D eigenvalue weighted by atomic mass is 10.2. The number of anilines is 2. The van der Waals surface area contributed by atoms with E-state index in [0.717, 1.165) is 24.3 Å². The second kappa shape index (κ2) is 6.72. The van der Waals surface area contributed by atoms with E-state index in [1.807, 2.05) is 24.3 Å². The fourth-order valence-electron chi connectivity index (χ4n) is 2.81. The van der Waals surface area contributed by atoms with Crippen molar-refractivity contribution in [1.29, 1.82) is 0 Å². The Kier molecular flexibility index (Phi) is 4.50. The molecule has 0 radical (unpaired) electrons. The van der Waals surface area contributed by atoms with Gasteiger partial charge < -0.3 is 15.7 Å². The highest BCUT2D eigenvalue weighted by molar-refractivity contribution is 5.45. The summed E-state index contributed by atoms with van der Waals surface area (Å²) in [7, 11) is 0. The Morgan fingerprint density at radius 1 is 1.14 bits per heavy atom. The van der Waals surface area contributed by atoms with Crippen LogP contribution in [0.15, 0.2) is 42.9 Å². The summed E-state index contributed by atoms with van der Waals surface area (Å²) in [4.78, 5) is 12.6. The molecule has 0 spiro atoms. The summed E-state index contributed by atoms with van der Waals surface area (Å²) < 4.78 is 0. The average molecular weight is 299 g/mol. The van der Waals surface area contributed by atoms with Gasteiger partial charge in [0, 0.05) is 62.6 Å². The van der Waals surface area contributed by atoms with Gasteiger partial charge in [-0.1, -0.05) is 6.07 Å². The number of nitrogen functional groups attached to an aromatic ring is 1. The molecule has 6 nitrogen and oxygen atoms in total. The Bertz CT molecular complexity index is 606. The number of β-amino-alcohol motifs (C(OH)–C–C–N with tert-alkyl or cyclic N) is 1. The van der Waals surface area contributed by atoms with Crippen molar-refractivity contribution in [3.05, 3.63) is 48.4 Å². The SMILES string of the molecule is Nc1ncccc1CN1CCN(c2ccncc2)C[C@H](O)C1. The van der Waals surface area contributed by atoms with Crippen molar-refractivity contribution in [3.8, 4) is 0 Å². The van der Waals surface area contributed by atoms with Crippen LogP contribution in [0.5, 0.6) is 0 Å². The second-order valence-corrected chi connectivity index (χ2v) is 5.59. The largest absolute Gasteiger partial charge is 0.390 e. The average Bonchev–Trinajstić information content (AvgIpc) is 2.72. The normalized spacial score (nSPS) is 19.9. The molecule has 1 aliphatic rings. The van der Waals surface area contributed by atoms with E-state index in [1.54, 1.807) is 18.6 Å². The van der Waals surface area contributed by atoms with Crippen LogP contribution in [0.3, 0.4) is 0 Å². The Balaban J connectivity index is 1.68. The molecule has 22 heavy (non-hydrogen) atoms. The molecule has 1 atom stereocenters. The molecular weight excluding hydrogens is 278 g/mol. The predicted molar refractivity (Wildman–Crippen MR) is 86.4 cm³/mol. The number of hydrogen-bond acceptors (Lipinski definition) is 6. The molecule has 1 aliphatic heterocycles. The van der Waals surface area contributed by atoms with Gasteiger partial charge in [0.25, 0.3) is 0 Å². The summed E-state index contributed by atoms with van der Waals surface area (Å²) in [5, 5.41) is 10.3. The van der Waals surface area contributed by atoms with Crippen molar-refractivity contribution < 1.29 is 5.11 Å². The summed E-state index contributed by atoms with van der Waals surface area (Å²) in [5.74, 6) is 0.562. The molecule has 0 amide bonds. The molecular formula is C16H21N5O. The zero-order chi connectivity index (χ0) is 15.4. The van der Waals surface area contributed by atoms with Crippen LogP contribution in [0.1, 0.15) is 5.56 Å². The lowest BCUT2D eigenvalue weighted by Crippen LogP contribution is -2.33. The van der Waals surface area contributed by atoms with Crippen molar-refractivity contribution >= 4 is 11.5 Å². The number of rotatable bonds is 3. The van der Waals surface area contributed by atoms with Crippen LogP contribution >= 0.6 is 0 Å². The number of nitrogens with zero attached hydrogens (tertiary/aromatic N) is 4. The smallest absolute Gasteiger partial charge is 0.127 e. The first kappa shape index (κ1) is 14.7. The fraction of sp³-hybridized carbons (Fsp3) is 0.375. The summed E-state index contributed by atoms with van der Waals surface area (Å²) in [5.41, 5.74) is 8.01. The third kappa shape index (κ3) is 3.52. The van der Waals surface area contributed by atoms with Crippen LogP contribution in [-0.2, 0) is 6.54 Å². The van der Waals surface area contributed by atoms with E-state index in [2.05, 4.69) is 19.8 Å². The number of pyridine rings is 2. The lowest BCUT2D eigenvalue weighted by Gasteiger charge is -2.23. The van der Waals surface area contributed by atoms with Crippen molar-refractivity contribution in [2.24, 2.45) is 0 Å². The van der Waals surface area contributed by atoms with Crippen LogP contribution in [0.2, 0.25) is 0 Å². The Labute approximate surface area is 130 Å². The Hall–Kier alpha value is -2.18. The van der Waals surface area contributed by atoms with Crippen molar-refractivity contribution in [2.75, 3.05) is 36.8 Å². The Morgan fingerprint density at radius 3 is 2.73 bits per heavy atom. The highest BCUT2D eigenvalue weighted by atomic mass is 16.3. The van der Waals surface area contributed by atoms with Gasteiger partial charge in [0.1, 0.15) is 5.82 Å². The number of aliphatic hydroxyl groups excluding tert-OH is 1. The first-order valence-corrected chi connectivity index (χ1v) is 7.47. The number of aromatic nitrogens is 2. The molecule has 0 unspecified atom stereocenters. The van der Waals surface area contributed by atoms with Gasteiger partial charge in [0.15, 0.2) is 0 Å². The van der Waals surface area contributed by atoms with Gasteiger partial charge in [-0.2, -0.15) is 0 Å². The third-order valence-corrected chi connectivity index (χ3v) is 3.93. The van der Waals surface area contributed by atoms with Gasteiger partial charge in [0.05, 0.1) is 6.10 Å². The van der Waals surface area contributed by atoms with Crippen molar-refractivity contribution in [1.82, 2.24) is 14.9 Å².